The lowest BCUT2D eigenvalue weighted by molar-refractivity contribution is 0.115. The number of hydrogen-bond donors (Lipinski definition) is 2. The van der Waals surface area contributed by atoms with Crippen LogP contribution in [0.2, 0.25) is 0 Å². The van der Waals surface area contributed by atoms with Crippen LogP contribution < -0.4 is 5.73 Å². The largest absolute Gasteiger partial charge is 0.394 e. The fourth-order valence-corrected chi connectivity index (χ4v) is 2.77. The first-order chi connectivity index (χ1) is 9.68. The average Bonchev–Trinajstić information content (AvgIpc) is 2.54. The molecule has 1 aromatic rings. The second kappa shape index (κ2) is 7.18. The fourth-order valence-electron chi connectivity index (χ4n) is 2.77. The minimum Gasteiger partial charge on any atom is -0.394 e. The first-order valence-electron chi connectivity index (χ1n) is 7.58. The van der Waals surface area contributed by atoms with Crippen molar-refractivity contribution >= 4 is 0 Å². The molecule has 4 heteroatoms. The van der Waals surface area contributed by atoms with Gasteiger partial charge in [0.25, 0.3) is 0 Å². The van der Waals surface area contributed by atoms with Crippen LogP contribution in [0.25, 0.3) is 0 Å². The number of likely N-dealkylation sites (N-methyl/N-ethyl adjacent to an activating group) is 1. The monoisotopic (exact) mass is 277 g/mol. The second-order valence-corrected chi connectivity index (χ2v) is 5.71. The van der Waals surface area contributed by atoms with Crippen LogP contribution in [-0.2, 0) is 5.54 Å². The maximum atomic E-state index is 9.70. The number of rotatable bonds is 6. The van der Waals surface area contributed by atoms with Crippen molar-refractivity contribution in [3.05, 3.63) is 35.9 Å². The summed E-state index contributed by atoms with van der Waals surface area (Å²) in [5.74, 6) is 0. The van der Waals surface area contributed by atoms with Gasteiger partial charge in [0.15, 0.2) is 0 Å². The molecule has 20 heavy (non-hydrogen) atoms. The van der Waals surface area contributed by atoms with Gasteiger partial charge < -0.3 is 20.6 Å². The molecule has 1 aliphatic rings. The lowest BCUT2D eigenvalue weighted by Gasteiger charge is -2.36. The first kappa shape index (κ1) is 15.4. The standard InChI is InChI=1S/C16H27N3O/c1-2-18-10-12-19(13-11-18)9-8-16(17,14-20)15-6-4-3-5-7-15/h3-7,20H,2,8-14,17H2,1H3. The summed E-state index contributed by atoms with van der Waals surface area (Å²) in [6.07, 6.45) is 0.791. The van der Waals surface area contributed by atoms with E-state index in [1.54, 1.807) is 0 Å². The molecule has 1 fully saturated rings. The molecular weight excluding hydrogens is 250 g/mol. The molecule has 0 amide bonds. The molecule has 4 nitrogen and oxygen atoms in total. The van der Waals surface area contributed by atoms with E-state index in [4.69, 9.17) is 5.73 Å². The predicted molar refractivity (Wildman–Crippen MR) is 82.6 cm³/mol. The molecule has 1 saturated heterocycles. The molecule has 1 heterocycles. The number of hydrogen-bond acceptors (Lipinski definition) is 4. The van der Waals surface area contributed by atoms with Gasteiger partial charge in [0.05, 0.1) is 12.1 Å². The van der Waals surface area contributed by atoms with Crippen molar-refractivity contribution in [1.82, 2.24) is 9.80 Å². The first-order valence-corrected chi connectivity index (χ1v) is 7.58. The fraction of sp³-hybridized carbons (Fsp3) is 0.625. The van der Waals surface area contributed by atoms with Gasteiger partial charge in [-0.15, -0.1) is 0 Å². The summed E-state index contributed by atoms with van der Waals surface area (Å²) in [7, 11) is 0. The zero-order valence-electron chi connectivity index (χ0n) is 12.5. The molecule has 1 aromatic carbocycles. The van der Waals surface area contributed by atoms with Gasteiger partial charge in [0.1, 0.15) is 0 Å². The summed E-state index contributed by atoms with van der Waals surface area (Å²) < 4.78 is 0. The van der Waals surface area contributed by atoms with E-state index in [0.717, 1.165) is 51.3 Å². The van der Waals surface area contributed by atoms with E-state index in [1.807, 2.05) is 30.3 Å². The Labute approximate surface area is 122 Å². The van der Waals surface area contributed by atoms with E-state index in [2.05, 4.69) is 16.7 Å². The maximum absolute atomic E-state index is 9.70. The van der Waals surface area contributed by atoms with Gasteiger partial charge >= 0.3 is 0 Å². The number of benzene rings is 1. The highest BCUT2D eigenvalue weighted by Gasteiger charge is 2.27. The molecular formula is C16H27N3O. The Morgan fingerprint density at radius 1 is 1.10 bits per heavy atom. The Morgan fingerprint density at radius 3 is 2.25 bits per heavy atom. The zero-order chi connectivity index (χ0) is 14.4. The highest BCUT2D eigenvalue weighted by atomic mass is 16.3. The van der Waals surface area contributed by atoms with Gasteiger partial charge in [-0.25, -0.2) is 0 Å². The van der Waals surface area contributed by atoms with Crippen molar-refractivity contribution in [3.63, 3.8) is 0 Å². The van der Waals surface area contributed by atoms with E-state index in [9.17, 15) is 5.11 Å². The minimum atomic E-state index is -0.622. The van der Waals surface area contributed by atoms with E-state index in [0.29, 0.717) is 0 Å². The van der Waals surface area contributed by atoms with Crippen LogP contribution in [-0.4, -0.2) is 60.8 Å². The third-order valence-electron chi connectivity index (χ3n) is 4.42. The Balaban J connectivity index is 1.88. The molecule has 3 N–H and O–H groups in total. The number of aliphatic hydroxyl groups excluding tert-OH is 1. The second-order valence-electron chi connectivity index (χ2n) is 5.71. The van der Waals surface area contributed by atoms with Gasteiger partial charge in [-0.05, 0) is 18.5 Å². The molecule has 0 radical (unpaired) electrons. The molecule has 0 aliphatic carbocycles. The van der Waals surface area contributed by atoms with Crippen molar-refractivity contribution in [2.24, 2.45) is 5.73 Å². The molecule has 0 spiro atoms. The number of nitrogens with zero attached hydrogens (tertiary/aromatic N) is 2. The summed E-state index contributed by atoms with van der Waals surface area (Å²) in [5, 5.41) is 9.70. The van der Waals surface area contributed by atoms with Gasteiger partial charge in [0, 0.05) is 32.7 Å². The lowest BCUT2D eigenvalue weighted by Crippen LogP contribution is -2.49. The summed E-state index contributed by atoms with van der Waals surface area (Å²) in [5.41, 5.74) is 6.80. The van der Waals surface area contributed by atoms with Crippen molar-refractivity contribution in [1.29, 1.82) is 0 Å². The Hall–Kier alpha value is -0.940. The quantitative estimate of drug-likeness (QED) is 0.810. The predicted octanol–water partition coefficient (Wildman–Crippen LogP) is 0.861. The SMILES string of the molecule is CCN1CCN(CCC(N)(CO)c2ccccc2)CC1. The topological polar surface area (TPSA) is 52.7 Å². The minimum absolute atomic E-state index is 0.00800. The van der Waals surface area contributed by atoms with Crippen molar-refractivity contribution in [2.75, 3.05) is 45.9 Å². The van der Waals surface area contributed by atoms with Crippen molar-refractivity contribution < 1.29 is 5.11 Å². The molecule has 1 unspecified atom stereocenters. The molecule has 0 aromatic heterocycles. The number of aliphatic hydroxyl groups is 1. The maximum Gasteiger partial charge on any atom is 0.0656 e. The molecule has 2 rings (SSSR count). The third-order valence-corrected chi connectivity index (χ3v) is 4.42. The van der Waals surface area contributed by atoms with E-state index in [1.165, 1.54) is 0 Å². The average molecular weight is 277 g/mol. The molecule has 0 bridgehead atoms. The zero-order valence-corrected chi connectivity index (χ0v) is 12.5. The van der Waals surface area contributed by atoms with Crippen LogP contribution in [0, 0.1) is 0 Å². The third kappa shape index (κ3) is 3.79. The summed E-state index contributed by atoms with van der Waals surface area (Å²) in [4.78, 5) is 4.92. The van der Waals surface area contributed by atoms with Gasteiger partial charge in [-0.1, -0.05) is 37.3 Å². The van der Waals surface area contributed by atoms with Gasteiger partial charge in [0.2, 0.25) is 0 Å². The van der Waals surface area contributed by atoms with Crippen LogP contribution >= 0.6 is 0 Å². The molecule has 1 atom stereocenters. The number of piperazine rings is 1. The van der Waals surface area contributed by atoms with E-state index in [-0.39, 0.29) is 6.61 Å². The van der Waals surface area contributed by atoms with Gasteiger partial charge in [-0.2, -0.15) is 0 Å². The van der Waals surface area contributed by atoms with Crippen LogP contribution in [0.15, 0.2) is 30.3 Å². The van der Waals surface area contributed by atoms with Crippen LogP contribution in [0.1, 0.15) is 18.9 Å². The van der Waals surface area contributed by atoms with Crippen LogP contribution in [0.3, 0.4) is 0 Å². The van der Waals surface area contributed by atoms with Crippen molar-refractivity contribution in [2.45, 2.75) is 18.9 Å². The summed E-state index contributed by atoms with van der Waals surface area (Å²) in [6, 6.07) is 9.95. The number of nitrogens with two attached hydrogens (primary N) is 1. The van der Waals surface area contributed by atoms with Crippen LogP contribution in [0.5, 0.6) is 0 Å². The molecule has 112 valence electrons. The van der Waals surface area contributed by atoms with E-state index >= 15 is 0 Å². The smallest absolute Gasteiger partial charge is 0.0656 e. The van der Waals surface area contributed by atoms with E-state index < -0.39 is 5.54 Å². The Morgan fingerprint density at radius 2 is 1.70 bits per heavy atom. The van der Waals surface area contributed by atoms with Crippen LogP contribution in [0.4, 0.5) is 0 Å². The van der Waals surface area contributed by atoms with Crippen molar-refractivity contribution in [3.8, 4) is 0 Å². The normalized spacial score (nSPS) is 20.8. The molecule has 1 aliphatic heterocycles. The Kier molecular flexibility index (Phi) is 5.54. The Bertz CT molecular complexity index is 390. The highest BCUT2D eigenvalue weighted by Crippen LogP contribution is 2.22. The van der Waals surface area contributed by atoms with Gasteiger partial charge in [-0.3, -0.25) is 0 Å². The molecule has 0 saturated carbocycles. The highest BCUT2D eigenvalue weighted by molar-refractivity contribution is 5.24. The summed E-state index contributed by atoms with van der Waals surface area (Å²) >= 11 is 0. The summed E-state index contributed by atoms with van der Waals surface area (Å²) in [6.45, 7) is 8.76. The lowest BCUT2D eigenvalue weighted by atomic mass is 9.88.